The van der Waals surface area contributed by atoms with Crippen LogP contribution in [0.25, 0.3) is 0 Å². The van der Waals surface area contributed by atoms with Crippen LogP contribution in [0.1, 0.15) is 63.0 Å². The standard InChI is InChI=1S/C29H44N4O4/c1-30-18-25(17-29-15-20-12-21(16-29)14-24(29)13-20)32-27(34)33-10-5-8-23(19-33)26(22-6-3-2-4-7-22)37-11-9-31-28(35)36/h2-4,6-7,20-21,23-26,30-31H,5,8-19H2,1H3,(H,32,34)(H,35,36)/t20?,21?,23-,24?,25+,26+,29?/m1/s1. The van der Waals surface area contributed by atoms with Crippen molar-refractivity contribution in [3.63, 3.8) is 0 Å². The minimum atomic E-state index is -1.05. The molecule has 1 aromatic rings. The fraction of sp³-hybridized carbons (Fsp3) is 0.724. The third kappa shape index (κ3) is 6.06. The number of carbonyl (C=O) groups excluding carboxylic acids is 1. The van der Waals surface area contributed by atoms with Crippen LogP contribution in [-0.4, -0.2) is 68.0 Å². The zero-order valence-electron chi connectivity index (χ0n) is 22.2. The highest BCUT2D eigenvalue weighted by Crippen LogP contribution is 2.67. The number of piperidine rings is 1. The van der Waals surface area contributed by atoms with Crippen LogP contribution >= 0.6 is 0 Å². The first-order valence-corrected chi connectivity index (χ1v) is 14.3. The summed E-state index contributed by atoms with van der Waals surface area (Å²) in [5.74, 6) is 2.87. The molecule has 4 aliphatic carbocycles. The first-order chi connectivity index (χ1) is 18.0. The van der Waals surface area contributed by atoms with Gasteiger partial charge < -0.3 is 30.7 Å². The lowest BCUT2D eigenvalue weighted by Gasteiger charge is -2.39. The Morgan fingerprint density at radius 1 is 1.16 bits per heavy atom. The van der Waals surface area contributed by atoms with Crippen molar-refractivity contribution in [3.8, 4) is 0 Å². The third-order valence-corrected chi connectivity index (χ3v) is 9.57. The van der Waals surface area contributed by atoms with Gasteiger partial charge in [-0.2, -0.15) is 0 Å². The van der Waals surface area contributed by atoms with Gasteiger partial charge in [-0.05, 0) is 87.1 Å². The maximum absolute atomic E-state index is 13.5. The number of benzene rings is 1. The molecule has 4 bridgehead atoms. The van der Waals surface area contributed by atoms with E-state index in [2.05, 4.69) is 28.1 Å². The fourth-order valence-electron chi connectivity index (χ4n) is 8.41. The van der Waals surface area contributed by atoms with Crippen LogP contribution < -0.4 is 16.0 Å². The van der Waals surface area contributed by atoms with Crippen molar-refractivity contribution in [2.24, 2.45) is 29.1 Å². The van der Waals surface area contributed by atoms with E-state index >= 15 is 0 Å². The molecule has 8 nitrogen and oxygen atoms in total. The number of nitrogens with one attached hydrogen (secondary N) is 3. The summed E-state index contributed by atoms with van der Waals surface area (Å²) in [6.07, 6.45) is 8.77. The molecule has 204 valence electrons. The Kier molecular flexibility index (Phi) is 8.24. The van der Waals surface area contributed by atoms with E-state index in [0.29, 0.717) is 18.6 Å². The quantitative estimate of drug-likeness (QED) is 0.332. The first-order valence-electron chi connectivity index (χ1n) is 14.3. The van der Waals surface area contributed by atoms with Crippen LogP contribution in [-0.2, 0) is 4.74 Å². The number of nitrogens with zero attached hydrogens (tertiary/aromatic N) is 1. The molecule has 1 aliphatic heterocycles. The second-order valence-corrected chi connectivity index (χ2v) is 12.1. The summed E-state index contributed by atoms with van der Waals surface area (Å²) in [7, 11) is 1.98. The number of likely N-dealkylation sites (tertiary alicyclic amines) is 1. The lowest BCUT2D eigenvalue weighted by molar-refractivity contribution is -0.00858. The predicted molar refractivity (Wildman–Crippen MR) is 142 cm³/mol. The number of carboxylic acid groups (broad SMARTS) is 1. The van der Waals surface area contributed by atoms with Gasteiger partial charge in [-0.3, -0.25) is 0 Å². The van der Waals surface area contributed by atoms with Crippen LogP contribution in [0.3, 0.4) is 0 Å². The molecule has 5 fully saturated rings. The molecule has 5 atom stereocenters. The minimum Gasteiger partial charge on any atom is -0.465 e. The Hall–Kier alpha value is -2.32. The molecule has 37 heavy (non-hydrogen) atoms. The third-order valence-electron chi connectivity index (χ3n) is 9.57. The van der Waals surface area contributed by atoms with Crippen LogP contribution in [0.4, 0.5) is 9.59 Å². The van der Waals surface area contributed by atoms with Crippen molar-refractivity contribution in [2.45, 2.75) is 63.5 Å². The van der Waals surface area contributed by atoms with Crippen LogP contribution in [0, 0.1) is 29.1 Å². The maximum Gasteiger partial charge on any atom is 0.404 e. The van der Waals surface area contributed by atoms with E-state index in [9.17, 15) is 9.59 Å². The van der Waals surface area contributed by atoms with E-state index < -0.39 is 6.09 Å². The summed E-state index contributed by atoms with van der Waals surface area (Å²) in [5, 5.41) is 18.0. The summed E-state index contributed by atoms with van der Waals surface area (Å²) in [5.41, 5.74) is 1.52. The van der Waals surface area contributed by atoms with Crippen molar-refractivity contribution in [1.29, 1.82) is 0 Å². The highest BCUT2D eigenvalue weighted by molar-refractivity contribution is 5.74. The Balaban J connectivity index is 1.21. The molecule has 3 amide bonds. The second-order valence-electron chi connectivity index (χ2n) is 12.1. The summed E-state index contributed by atoms with van der Waals surface area (Å²) in [6.45, 7) is 2.74. The van der Waals surface area contributed by atoms with E-state index in [4.69, 9.17) is 9.84 Å². The van der Waals surface area contributed by atoms with Gasteiger partial charge in [0.05, 0.1) is 12.7 Å². The molecule has 1 saturated heterocycles. The van der Waals surface area contributed by atoms with E-state index in [1.165, 1.54) is 32.1 Å². The van der Waals surface area contributed by atoms with E-state index in [-0.39, 0.29) is 30.6 Å². The highest BCUT2D eigenvalue weighted by Gasteiger charge is 2.57. The summed E-state index contributed by atoms with van der Waals surface area (Å²) in [4.78, 5) is 26.3. The maximum atomic E-state index is 13.5. The summed E-state index contributed by atoms with van der Waals surface area (Å²) < 4.78 is 6.22. The predicted octanol–water partition coefficient (Wildman–Crippen LogP) is 4.24. The van der Waals surface area contributed by atoms with Gasteiger partial charge in [0.15, 0.2) is 0 Å². The Bertz CT molecular complexity index is 914. The molecule has 0 radical (unpaired) electrons. The second kappa shape index (κ2) is 11.6. The number of amides is 3. The topological polar surface area (TPSA) is 103 Å². The Morgan fingerprint density at radius 3 is 2.62 bits per heavy atom. The molecule has 2 unspecified atom stereocenters. The van der Waals surface area contributed by atoms with Crippen molar-refractivity contribution in [1.82, 2.24) is 20.9 Å². The average Bonchev–Trinajstić information content (AvgIpc) is 3.27. The van der Waals surface area contributed by atoms with Crippen molar-refractivity contribution in [3.05, 3.63) is 35.9 Å². The van der Waals surface area contributed by atoms with Gasteiger partial charge in [0.1, 0.15) is 0 Å². The number of carbonyl (C=O) groups is 2. The number of ether oxygens (including phenoxy) is 1. The van der Waals surface area contributed by atoms with Gasteiger partial charge in [0.2, 0.25) is 0 Å². The number of rotatable bonds is 11. The molecule has 8 heteroatoms. The van der Waals surface area contributed by atoms with Gasteiger partial charge in [0, 0.05) is 38.1 Å². The number of hydrogen-bond donors (Lipinski definition) is 4. The number of urea groups is 1. The fourth-order valence-corrected chi connectivity index (χ4v) is 8.41. The molecular weight excluding hydrogens is 468 g/mol. The Morgan fingerprint density at radius 2 is 1.92 bits per heavy atom. The van der Waals surface area contributed by atoms with Gasteiger partial charge in [-0.15, -0.1) is 0 Å². The van der Waals surface area contributed by atoms with Crippen molar-refractivity contribution >= 4 is 12.1 Å². The van der Waals surface area contributed by atoms with E-state index in [1.54, 1.807) is 0 Å². The lowest BCUT2D eigenvalue weighted by atomic mass is 9.72. The molecule has 0 aromatic heterocycles. The number of hydrogen-bond acceptors (Lipinski definition) is 4. The van der Waals surface area contributed by atoms with Gasteiger partial charge in [-0.1, -0.05) is 30.3 Å². The van der Waals surface area contributed by atoms with Gasteiger partial charge in [0.25, 0.3) is 0 Å². The summed E-state index contributed by atoms with van der Waals surface area (Å²) >= 11 is 0. The first kappa shape index (κ1) is 26.3. The average molecular weight is 513 g/mol. The van der Waals surface area contributed by atoms with E-state index in [1.807, 2.05) is 30.1 Å². The molecule has 1 aromatic carbocycles. The van der Waals surface area contributed by atoms with Crippen molar-refractivity contribution < 1.29 is 19.4 Å². The monoisotopic (exact) mass is 512 g/mol. The zero-order chi connectivity index (χ0) is 25.8. The molecule has 1 heterocycles. The zero-order valence-corrected chi connectivity index (χ0v) is 22.2. The lowest BCUT2D eigenvalue weighted by Crippen LogP contribution is -2.52. The molecule has 4 saturated carbocycles. The van der Waals surface area contributed by atoms with Gasteiger partial charge >= 0.3 is 12.1 Å². The molecule has 6 rings (SSSR count). The normalized spacial score (nSPS) is 31.8. The number of likely N-dealkylation sites (N-methyl/N-ethyl adjacent to an activating group) is 1. The van der Waals surface area contributed by atoms with Gasteiger partial charge in [-0.25, -0.2) is 9.59 Å². The van der Waals surface area contributed by atoms with Crippen molar-refractivity contribution in [2.75, 3.05) is 39.8 Å². The smallest absolute Gasteiger partial charge is 0.404 e. The van der Waals surface area contributed by atoms with Crippen LogP contribution in [0.5, 0.6) is 0 Å². The minimum absolute atomic E-state index is 0.0402. The Labute approximate surface area is 220 Å². The summed E-state index contributed by atoms with van der Waals surface area (Å²) in [6, 6.07) is 10.3. The van der Waals surface area contributed by atoms with E-state index in [0.717, 1.165) is 55.7 Å². The van der Waals surface area contributed by atoms with Crippen LogP contribution in [0.15, 0.2) is 30.3 Å². The SMILES string of the molecule is CNC[C@H](CC12CC3CC(CC1C3)C2)NC(=O)N1CCC[C@@H]([C@@H](OCCNC(=O)O)c2ccccc2)C1. The highest BCUT2D eigenvalue weighted by atomic mass is 16.5. The largest absolute Gasteiger partial charge is 0.465 e. The molecular formula is C29H44N4O4. The molecule has 5 aliphatic rings. The molecule has 4 N–H and O–H groups in total. The van der Waals surface area contributed by atoms with Crippen LogP contribution in [0.2, 0.25) is 0 Å². The molecule has 0 spiro atoms.